The molecule has 0 unspecified atom stereocenters. The van der Waals surface area contributed by atoms with Gasteiger partial charge in [-0.25, -0.2) is 4.68 Å². The molecular weight excluding hydrogens is 386 g/mol. The van der Waals surface area contributed by atoms with Crippen molar-refractivity contribution in [1.29, 1.82) is 0 Å². The zero-order valence-corrected chi connectivity index (χ0v) is 18.0. The molecule has 0 radical (unpaired) electrons. The molecule has 1 aromatic heterocycles. The fraction of sp³-hybridized carbons (Fsp3) is 0.381. The zero-order valence-electron chi connectivity index (χ0n) is 17.2. The van der Waals surface area contributed by atoms with Crippen LogP contribution in [-0.4, -0.2) is 39.6 Å². The molecule has 3 rings (SSSR count). The summed E-state index contributed by atoms with van der Waals surface area (Å²) in [5.41, 5.74) is 3.63. The van der Waals surface area contributed by atoms with Gasteiger partial charge in [-0.3, -0.25) is 0 Å². The van der Waals surface area contributed by atoms with Gasteiger partial charge in [0.2, 0.25) is 5.16 Å². The maximum Gasteiger partial charge on any atom is 0.209 e. The van der Waals surface area contributed by atoms with Crippen molar-refractivity contribution in [3.8, 4) is 11.5 Å². The topological polar surface area (TPSA) is 78.7 Å². The molecule has 1 heterocycles. The maximum atomic E-state index is 6.00. The molecule has 0 aliphatic rings. The molecule has 0 saturated carbocycles. The number of aromatic nitrogens is 4. The highest BCUT2D eigenvalue weighted by Crippen LogP contribution is 2.29. The molecule has 0 bridgehead atoms. The number of aryl methyl sites for hydroxylation is 2. The van der Waals surface area contributed by atoms with Gasteiger partial charge in [0, 0.05) is 24.8 Å². The summed E-state index contributed by atoms with van der Waals surface area (Å²) in [4.78, 5) is 0. The minimum Gasteiger partial charge on any atom is -0.493 e. The van der Waals surface area contributed by atoms with E-state index in [1.54, 1.807) is 23.6 Å². The molecule has 2 aromatic carbocycles. The number of hydrogen-bond donors (Lipinski definition) is 1. The van der Waals surface area contributed by atoms with Gasteiger partial charge < -0.3 is 14.8 Å². The Labute approximate surface area is 175 Å². The average molecular weight is 415 g/mol. The number of nitrogens with zero attached hydrogens (tertiary/aromatic N) is 4. The lowest BCUT2D eigenvalue weighted by atomic mass is 10.1. The van der Waals surface area contributed by atoms with E-state index >= 15 is 0 Å². The molecule has 0 aliphatic heterocycles. The van der Waals surface area contributed by atoms with E-state index < -0.39 is 0 Å². The van der Waals surface area contributed by atoms with Gasteiger partial charge in [0.05, 0.1) is 13.7 Å². The third-order valence-electron chi connectivity index (χ3n) is 4.62. The molecule has 2 N–H and O–H groups in total. The summed E-state index contributed by atoms with van der Waals surface area (Å²) in [5, 5.41) is 14.6. The van der Waals surface area contributed by atoms with E-state index in [1.165, 1.54) is 16.7 Å². The van der Waals surface area contributed by atoms with Crippen LogP contribution in [0, 0.1) is 6.92 Å². The van der Waals surface area contributed by atoms with Crippen LogP contribution in [0.25, 0.3) is 0 Å². The Morgan fingerprint density at radius 1 is 1.14 bits per heavy atom. The molecule has 0 atom stereocenters. The van der Waals surface area contributed by atoms with Gasteiger partial charge in [-0.05, 0) is 46.7 Å². The SMILES string of the molecule is COc1cc(C[NH2+]CCCSc2nnnn2C)ccc1OCc1ccccc1C. The second kappa shape index (κ2) is 10.8. The Balaban J connectivity index is 1.43. The van der Waals surface area contributed by atoms with Crippen LogP contribution < -0.4 is 14.8 Å². The zero-order chi connectivity index (χ0) is 20.5. The highest BCUT2D eigenvalue weighted by molar-refractivity contribution is 7.99. The van der Waals surface area contributed by atoms with Crippen LogP contribution >= 0.6 is 11.8 Å². The first-order valence-electron chi connectivity index (χ1n) is 9.68. The van der Waals surface area contributed by atoms with E-state index in [0.29, 0.717) is 6.61 Å². The van der Waals surface area contributed by atoms with Gasteiger partial charge in [0.25, 0.3) is 0 Å². The monoisotopic (exact) mass is 414 g/mol. The van der Waals surface area contributed by atoms with Gasteiger partial charge in [-0.15, -0.1) is 5.10 Å². The maximum absolute atomic E-state index is 6.00. The van der Waals surface area contributed by atoms with E-state index in [4.69, 9.17) is 9.47 Å². The minimum absolute atomic E-state index is 0.535. The van der Waals surface area contributed by atoms with Crippen molar-refractivity contribution in [3.63, 3.8) is 0 Å². The summed E-state index contributed by atoms with van der Waals surface area (Å²) < 4.78 is 13.2. The van der Waals surface area contributed by atoms with Crippen molar-refractivity contribution in [3.05, 3.63) is 59.2 Å². The predicted molar refractivity (Wildman–Crippen MR) is 113 cm³/mol. The molecular formula is C21H28N5O2S+. The second-order valence-electron chi connectivity index (χ2n) is 6.77. The molecule has 154 valence electrons. The Morgan fingerprint density at radius 2 is 2.00 bits per heavy atom. The summed E-state index contributed by atoms with van der Waals surface area (Å²) in [5.74, 6) is 2.54. The molecule has 0 fully saturated rings. The quantitative estimate of drug-likeness (QED) is 0.383. The van der Waals surface area contributed by atoms with Crippen LogP contribution in [0.3, 0.4) is 0 Å². The smallest absolute Gasteiger partial charge is 0.209 e. The number of hydrogen-bond acceptors (Lipinski definition) is 6. The standard InChI is InChI=1S/C21H27N5O2S/c1-16-7-4-5-8-18(16)15-28-19-10-9-17(13-20(19)27-3)14-22-11-6-12-29-21-23-24-25-26(21)2/h4-5,7-10,13,22H,6,11-12,14-15H2,1-3H3/p+1. The predicted octanol–water partition coefficient (Wildman–Crippen LogP) is 2.35. The largest absolute Gasteiger partial charge is 0.493 e. The number of nitrogens with two attached hydrogens (primary N) is 1. The number of ether oxygens (including phenoxy) is 2. The van der Waals surface area contributed by atoms with Crippen molar-refractivity contribution in [2.45, 2.75) is 31.7 Å². The highest BCUT2D eigenvalue weighted by Gasteiger charge is 2.08. The Morgan fingerprint density at radius 3 is 2.76 bits per heavy atom. The lowest BCUT2D eigenvalue weighted by Crippen LogP contribution is -2.82. The fourth-order valence-corrected chi connectivity index (χ4v) is 3.70. The van der Waals surface area contributed by atoms with Crippen LogP contribution in [-0.2, 0) is 20.2 Å². The van der Waals surface area contributed by atoms with Crippen molar-refractivity contribution >= 4 is 11.8 Å². The highest BCUT2D eigenvalue weighted by atomic mass is 32.2. The number of thioether (sulfide) groups is 1. The molecule has 0 saturated heterocycles. The first-order valence-corrected chi connectivity index (χ1v) is 10.7. The molecule has 0 amide bonds. The number of benzene rings is 2. The second-order valence-corrected chi connectivity index (χ2v) is 7.83. The van der Waals surface area contributed by atoms with Crippen molar-refractivity contribution in [2.75, 3.05) is 19.4 Å². The van der Waals surface area contributed by atoms with Gasteiger partial charge in [0.1, 0.15) is 13.2 Å². The first kappa shape index (κ1) is 21.1. The average Bonchev–Trinajstić information content (AvgIpc) is 3.15. The van der Waals surface area contributed by atoms with E-state index in [0.717, 1.165) is 41.9 Å². The minimum atomic E-state index is 0.535. The number of quaternary nitrogens is 1. The van der Waals surface area contributed by atoms with E-state index in [2.05, 4.69) is 52.0 Å². The Kier molecular flexibility index (Phi) is 7.89. The summed E-state index contributed by atoms with van der Waals surface area (Å²) in [7, 11) is 3.54. The van der Waals surface area contributed by atoms with Crippen LogP contribution in [0.2, 0.25) is 0 Å². The lowest BCUT2D eigenvalue weighted by Gasteiger charge is -2.13. The Hall–Kier alpha value is -2.58. The van der Waals surface area contributed by atoms with Gasteiger partial charge in [-0.1, -0.05) is 36.0 Å². The third kappa shape index (κ3) is 6.20. The van der Waals surface area contributed by atoms with Crippen molar-refractivity contribution < 1.29 is 14.8 Å². The molecule has 3 aromatic rings. The lowest BCUT2D eigenvalue weighted by molar-refractivity contribution is -0.670. The van der Waals surface area contributed by atoms with E-state index in [1.807, 2.05) is 25.2 Å². The fourth-order valence-electron chi connectivity index (χ4n) is 2.89. The number of rotatable bonds is 11. The van der Waals surface area contributed by atoms with Crippen LogP contribution in [0.1, 0.15) is 23.1 Å². The molecule has 29 heavy (non-hydrogen) atoms. The summed E-state index contributed by atoms with van der Waals surface area (Å²) in [6.07, 6.45) is 1.09. The number of methoxy groups -OCH3 is 1. The van der Waals surface area contributed by atoms with Gasteiger partial charge in [-0.2, -0.15) is 0 Å². The van der Waals surface area contributed by atoms with E-state index in [9.17, 15) is 0 Å². The molecule has 0 aliphatic carbocycles. The summed E-state index contributed by atoms with van der Waals surface area (Å²) in [6, 6.07) is 14.4. The van der Waals surface area contributed by atoms with Gasteiger partial charge >= 0.3 is 0 Å². The Bertz CT molecular complexity index is 916. The normalized spacial score (nSPS) is 10.9. The number of tetrazole rings is 1. The summed E-state index contributed by atoms with van der Waals surface area (Å²) in [6.45, 7) is 4.58. The molecule has 7 nitrogen and oxygen atoms in total. The van der Waals surface area contributed by atoms with Crippen LogP contribution in [0.4, 0.5) is 0 Å². The first-order chi connectivity index (χ1) is 14.2. The third-order valence-corrected chi connectivity index (χ3v) is 5.71. The van der Waals surface area contributed by atoms with Crippen LogP contribution in [0.15, 0.2) is 47.6 Å². The molecule has 0 spiro atoms. The van der Waals surface area contributed by atoms with Crippen molar-refractivity contribution in [2.24, 2.45) is 7.05 Å². The van der Waals surface area contributed by atoms with Crippen molar-refractivity contribution in [1.82, 2.24) is 20.2 Å². The van der Waals surface area contributed by atoms with Crippen LogP contribution in [0.5, 0.6) is 11.5 Å². The summed E-state index contributed by atoms with van der Waals surface area (Å²) >= 11 is 1.68. The van der Waals surface area contributed by atoms with Gasteiger partial charge in [0.15, 0.2) is 11.5 Å². The van der Waals surface area contributed by atoms with E-state index in [-0.39, 0.29) is 0 Å². The molecule has 8 heteroatoms.